The van der Waals surface area contributed by atoms with Crippen LogP contribution in [0.15, 0.2) is 60.8 Å². The molecule has 4 aromatic rings. The number of anilines is 2. The molecule has 5 nitrogen and oxygen atoms in total. The summed E-state index contributed by atoms with van der Waals surface area (Å²) < 4.78 is 0. The maximum absolute atomic E-state index is 9.52. The summed E-state index contributed by atoms with van der Waals surface area (Å²) in [7, 11) is 3.97. The second kappa shape index (κ2) is 6.93. The van der Waals surface area contributed by atoms with Crippen LogP contribution in [-0.4, -0.2) is 24.1 Å². The largest absolute Gasteiger partial charge is 0.379 e. The highest BCUT2D eigenvalue weighted by atomic mass is 15.1. The molecule has 0 amide bonds. The monoisotopic (exact) mass is 353 g/mol. The molecule has 4 rings (SSSR count). The van der Waals surface area contributed by atoms with Crippen molar-refractivity contribution < 1.29 is 0 Å². The molecule has 0 bridgehead atoms. The highest BCUT2D eigenvalue weighted by Crippen LogP contribution is 2.28. The Morgan fingerprint density at radius 1 is 1.00 bits per heavy atom. The van der Waals surface area contributed by atoms with Crippen molar-refractivity contribution in [1.29, 1.82) is 5.26 Å². The second-order valence-electron chi connectivity index (χ2n) is 6.58. The van der Waals surface area contributed by atoms with Gasteiger partial charge in [-0.15, -0.1) is 0 Å². The molecule has 0 aliphatic carbocycles. The van der Waals surface area contributed by atoms with Gasteiger partial charge in [0.05, 0.1) is 22.3 Å². The van der Waals surface area contributed by atoms with E-state index in [4.69, 9.17) is 4.98 Å². The smallest absolute Gasteiger partial charge is 0.129 e. The fraction of sp³-hybridized carbons (Fsp3) is 0.136. The van der Waals surface area contributed by atoms with Gasteiger partial charge in [0, 0.05) is 37.6 Å². The SMILES string of the molecule is CN(C)c1cc(CNc2c(C#N)cnc3ccccc23)c2ccccc2n1. The van der Waals surface area contributed by atoms with Crippen molar-refractivity contribution in [1.82, 2.24) is 9.97 Å². The molecule has 1 N–H and O–H groups in total. The first kappa shape index (κ1) is 16.8. The van der Waals surface area contributed by atoms with Crippen molar-refractivity contribution in [3.8, 4) is 6.07 Å². The Hall–Kier alpha value is -3.65. The summed E-state index contributed by atoms with van der Waals surface area (Å²) in [6.45, 7) is 0.590. The standard InChI is InChI=1S/C22H19N5/c1-27(2)21-11-15(17-7-3-6-10-20(17)26-21)13-25-22-16(12-23)14-24-19-9-5-4-8-18(19)22/h3-11,14H,13H2,1-2H3,(H,24,25). The van der Waals surface area contributed by atoms with E-state index in [0.29, 0.717) is 12.1 Å². The zero-order valence-electron chi connectivity index (χ0n) is 15.3. The number of para-hydroxylation sites is 2. The van der Waals surface area contributed by atoms with Crippen LogP contribution < -0.4 is 10.2 Å². The first-order valence-electron chi connectivity index (χ1n) is 8.75. The lowest BCUT2D eigenvalue weighted by atomic mass is 10.1. The number of benzene rings is 2. The van der Waals surface area contributed by atoms with E-state index in [0.717, 1.165) is 38.9 Å². The van der Waals surface area contributed by atoms with Gasteiger partial charge in [-0.1, -0.05) is 36.4 Å². The molecule has 0 saturated heterocycles. The summed E-state index contributed by atoms with van der Waals surface area (Å²) in [5, 5.41) is 15.0. The number of nitriles is 1. The van der Waals surface area contributed by atoms with Gasteiger partial charge in [-0.25, -0.2) is 4.98 Å². The highest BCUT2D eigenvalue weighted by molar-refractivity contribution is 5.94. The average molecular weight is 353 g/mol. The van der Waals surface area contributed by atoms with Gasteiger partial charge in [-0.05, 0) is 23.8 Å². The quantitative estimate of drug-likeness (QED) is 0.591. The first-order valence-corrected chi connectivity index (χ1v) is 8.75. The van der Waals surface area contributed by atoms with Gasteiger partial charge in [-0.3, -0.25) is 4.98 Å². The number of hydrogen-bond donors (Lipinski definition) is 1. The van der Waals surface area contributed by atoms with Gasteiger partial charge in [0.2, 0.25) is 0 Å². The van der Waals surface area contributed by atoms with Crippen molar-refractivity contribution in [3.05, 3.63) is 71.9 Å². The van der Waals surface area contributed by atoms with E-state index in [1.165, 1.54) is 0 Å². The Morgan fingerprint density at radius 2 is 1.70 bits per heavy atom. The molecule has 0 atom stereocenters. The Bertz CT molecular complexity index is 1170. The molecule has 0 fully saturated rings. The Morgan fingerprint density at radius 3 is 2.44 bits per heavy atom. The molecule has 5 heteroatoms. The summed E-state index contributed by atoms with van der Waals surface area (Å²) in [6.07, 6.45) is 1.63. The molecule has 0 spiro atoms. The fourth-order valence-corrected chi connectivity index (χ4v) is 3.21. The van der Waals surface area contributed by atoms with Gasteiger partial charge in [0.1, 0.15) is 11.9 Å². The maximum Gasteiger partial charge on any atom is 0.129 e. The summed E-state index contributed by atoms with van der Waals surface area (Å²) in [5.41, 5.74) is 4.32. The van der Waals surface area contributed by atoms with Crippen LogP contribution in [0.25, 0.3) is 21.8 Å². The molecule has 2 heterocycles. The van der Waals surface area contributed by atoms with Crippen LogP contribution >= 0.6 is 0 Å². The minimum absolute atomic E-state index is 0.542. The van der Waals surface area contributed by atoms with Crippen LogP contribution in [0.1, 0.15) is 11.1 Å². The topological polar surface area (TPSA) is 64.8 Å². The molecular formula is C22H19N5. The van der Waals surface area contributed by atoms with Crippen LogP contribution in [0.4, 0.5) is 11.5 Å². The lowest BCUT2D eigenvalue weighted by Crippen LogP contribution is -2.12. The Labute approximate surface area is 157 Å². The highest BCUT2D eigenvalue weighted by Gasteiger charge is 2.11. The third-order valence-corrected chi connectivity index (χ3v) is 4.60. The van der Waals surface area contributed by atoms with Crippen LogP contribution in [0, 0.1) is 11.3 Å². The van der Waals surface area contributed by atoms with Crippen LogP contribution in [0.2, 0.25) is 0 Å². The van der Waals surface area contributed by atoms with Crippen molar-refractivity contribution in [2.24, 2.45) is 0 Å². The fourth-order valence-electron chi connectivity index (χ4n) is 3.21. The van der Waals surface area contributed by atoms with E-state index in [-0.39, 0.29) is 0 Å². The second-order valence-corrected chi connectivity index (χ2v) is 6.58. The molecule has 2 aromatic heterocycles. The number of rotatable bonds is 4. The first-order chi connectivity index (χ1) is 13.2. The predicted molar refractivity (Wildman–Crippen MR) is 110 cm³/mol. The summed E-state index contributed by atoms with van der Waals surface area (Å²) >= 11 is 0. The number of nitrogens with zero attached hydrogens (tertiary/aromatic N) is 4. The molecule has 0 radical (unpaired) electrons. The lowest BCUT2D eigenvalue weighted by molar-refractivity contribution is 1.06. The normalized spacial score (nSPS) is 10.7. The average Bonchev–Trinajstić information content (AvgIpc) is 2.71. The number of hydrogen-bond acceptors (Lipinski definition) is 5. The summed E-state index contributed by atoms with van der Waals surface area (Å²) in [6, 6.07) is 20.3. The zero-order valence-corrected chi connectivity index (χ0v) is 15.3. The van der Waals surface area contributed by atoms with E-state index in [1.807, 2.05) is 61.5 Å². The van der Waals surface area contributed by atoms with Gasteiger partial charge < -0.3 is 10.2 Å². The van der Waals surface area contributed by atoms with Gasteiger partial charge in [0.25, 0.3) is 0 Å². The zero-order chi connectivity index (χ0) is 18.8. The molecule has 0 saturated carbocycles. The van der Waals surface area contributed by atoms with E-state index in [9.17, 15) is 5.26 Å². The number of nitrogens with one attached hydrogen (secondary N) is 1. The van der Waals surface area contributed by atoms with E-state index in [1.54, 1.807) is 6.20 Å². The van der Waals surface area contributed by atoms with Gasteiger partial charge in [0.15, 0.2) is 0 Å². The van der Waals surface area contributed by atoms with Crippen molar-refractivity contribution in [2.45, 2.75) is 6.54 Å². The number of aromatic nitrogens is 2. The van der Waals surface area contributed by atoms with Crippen molar-refractivity contribution in [3.63, 3.8) is 0 Å². The Balaban J connectivity index is 1.79. The van der Waals surface area contributed by atoms with E-state index < -0.39 is 0 Å². The van der Waals surface area contributed by atoms with E-state index >= 15 is 0 Å². The van der Waals surface area contributed by atoms with Crippen LogP contribution in [0.3, 0.4) is 0 Å². The molecule has 27 heavy (non-hydrogen) atoms. The minimum Gasteiger partial charge on any atom is -0.379 e. The van der Waals surface area contributed by atoms with Gasteiger partial charge in [-0.2, -0.15) is 5.26 Å². The maximum atomic E-state index is 9.52. The number of fused-ring (bicyclic) bond motifs is 2. The Kier molecular flexibility index (Phi) is 4.31. The van der Waals surface area contributed by atoms with E-state index in [2.05, 4.69) is 28.5 Å². The molecule has 0 aliphatic rings. The summed E-state index contributed by atoms with van der Waals surface area (Å²) in [5.74, 6) is 0.908. The minimum atomic E-state index is 0.542. The molecule has 132 valence electrons. The molecule has 0 unspecified atom stereocenters. The third-order valence-electron chi connectivity index (χ3n) is 4.60. The number of pyridine rings is 2. The summed E-state index contributed by atoms with van der Waals surface area (Å²) in [4.78, 5) is 11.1. The van der Waals surface area contributed by atoms with Crippen molar-refractivity contribution in [2.75, 3.05) is 24.3 Å². The molecule has 0 aliphatic heterocycles. The van der Waals surface area contributed by atoms with Crippen LogP contribution in [-0.2, 0) is 6.54 Å². The van der Waals surface area contributed by atoms with Crippen LogP contribution in [0.5, 0.6) is 0 Å². The predicted octanol–water partition coefficient (Wildman–Crippen LogP) is 4.33. The third kappa shape index (κ3) is 3.13. The van der Waals surface area contributed by atoms with Gasteiger partial charge >= 0.3 is 0 Å². The lowest BCUT2D eigenvalue weighted by Gasteiger charge is -2.17. The van der Waals surface area contributed by atoms with Crippen molar-refractivity contribution >= 4 is 33.3 Å². The molecule has 2 aromatic carbocycles. The molecular weight excluding hydrogens is 334 g/mol.